The van der Waals surface area contributed by atoms with Crippen molar-refractivity contribution in [1.29, 1.82) is 0 Å². The summed E-state index contributed by atoms with van der Waals surface area (Å²) in [5.74, 6) is 0.606. The van der Waals surface area contributed by atoms with Crippen LogP contribution in [0.25, 0.3) is 0 Å². The molecule has 0 unspecified atom stereocenters. The molecule has 0 aliphatic heterocycles. The number of aromatic nitrogens is 2. The van der Waals surface area contributed by atoms with Crippen LogP contribution in [0.1, 0.15) is 21.1 Å². The highest BCUT2D eigenvalue weighted by Gasteiger charge is 2.18. The fraction of sp³-hybridized carbons (Fsp3) is 0.300. The van der Waals surface area contributed by atoms with E-state index in [9.17, 15) is 4.79 Å². The number of carbonyl (C=O) groups is 1. The van der Waals surface area contributed by atoms with Gasteiger partial charge in [0.1, 0.15) is 5.76 Å². The third-order valence-corrected chi connectivity index (χ3v) is 3.31. The minimum Gasteiger partial charge on any atom is -0.469 e. The van der Waals surface area contributed by atoms with Gasteiger partial charge in [-0.2, -0.15) is 0 Å². The summed E-state index contributed by atoms with van der Waals surface area (Å²) in [7, 11) is 1.70. The monoisotopic (exact) mass is 271 g/mol. The standard InChI is InChI=1S/C10H10ClN3O2S/c1-6-7(3-4-16-6)5-14(2)9(15)8-12-13-10(11)17-8/h3-4H,5H2,1-2H3. The average Bonchev–Trinajstić information content (AvgIpc) is 2.88. The Bertz CT molecular complexity index is 537. The van der Waals surface area contributed by atoms with Gasteiger partial charge in [-0.1, -0.05) is 11.3 Å². The molecule has 2 aromatic heterocycles. The second-order valence-corrected chi connectivity index (χ2v) is 5.08. The predicted octanol–water partition coefficient (Wildman–Crippen LogP) is 2.37. The molecular formula is C10H10ClN3O2S. The molecule has 2 heterocycles. The zero-order chi connectivity index (χ0) is 12.4. The van der Waals surface area contributed by atoms with E-state index in [4.69, 9.17) is 16.0 Å². The Hall–Kier alpha value is -1.40. The van der Waals surface area contributed by atoms with Gasteiger partial charge in [0.25, 0.3) is 5.91 Å². The molecule has 0 atom stereocenters. The summed E-state index contributed by atoms with van der Waals surface area (Å²) in [6.45, 7) is 2.33. The van der Waals surface area contributed by atoms with Crippen LogP contribution in [0.3, 0.4) is 0 Å². The molecule has 2 rings (SSSR count). The zero-order valence-electron chi connectivity index (χ0n) is 9.31. The number of nitrogens with zero attached hydrogens (tertiary/aromatic N) is 3. The number of aryl methyl sites for hydroxylation is 1. The van der Waals surface area contributed by atoms with Crippen molar-refractivity contribution in [3.05, 3.63) is 33.1 Å². The van der Waals surface area contributed by atoms with Crippen LogP contribution in [0.4, 0.5) is 0 Å². The Kier molecular flexibility index (Phi) is 3.44. The summed E-state index contributed by atoms with van der Waals surface area (Å²) in [6, 6.07) is 1.84. The molecule has 7 heteroatoms. The Morgan fingerprint density at radius 2 is 2.35 bits per heavy atom. The van der Waals surface area contributed by atoms with Crippen molar-refractivity contribution in [3.63, 3.8) is 0 Å². The molecule has 0 aromatic carbocycles. The lowest BCUT2D eigenvalue weighted by Gasteiger charge is -2.14. The van der Waals surface area contributed by atoms with Crippen LogP contribution in [0, 0.1) is 6.92 Å². The number of rotatable bonds is 3. The topological polar surface area (TPSA) is 59.2 Å². The summed E-state index contributed by atoms with van der Waals surface area (Å²) in [5.41, 5.74) is 0.969. The van der Waals surface area contributed by atoms with E-state index in [1.807, 2.05) is 13.0 Å². The quantitative estimate of drug-likeness (QED) is 0.860. The summed E-state index contributed by atoms with van der Waals surface area (Å²) < 4.78 is 5.44. The van der Waals surface area contributed by atoms with Gasteiger partial charge in [0.15, 0.2) is 0 Å². The minimum atomic E-state index is -0.199. The summed E-state index contributed by atoms with van der Waals surface area (Å²) in [4.78, 5) is 13.5. The molecule has 0 spiro atoms. The van der Waals surface area contributed by atoms with E-state index < -0.39 is 0 Å². The third kappa shape index (κ3) is 2.65. The second kappa shape index (κ2) is 4.85. The van der Waals surface area contributed by atoms with Crippen LogP contribution in [0.15, 0.2) is 16.7 Å². The number of halogens is 1. The maximum Gasteiger partial charge on any atom is 0.284 e. The lowest BCUT2D eigenvalue weighted by atomic mass is 10.2. The molecule has 2 aromatic rings. The molecule has 0 fully saturated rings. The Labute approximate surface area is 107 Å². The molecule has 0 radical (unpaired) electrons. The van der Waals surface area contributed by atoms with Crippen molar-refractivity contribution < 1.29 is 9.21 Å². The van der Waals surface area contributed by atoms with E-state index in [2.05, 4.69) is 10.2 Å². The average molecular weight is 272 g/mol. The van der Waals surface area contributed by atoms with Gasteiger partial charge in [0, 0.05) is 19.2 Å². The summed E-state index contributed by atoms with van der Waals surface area (Å²) >= 11 is 6.71. The molecule has 0 bridgehead atoms. The summed E-state index contributed by atoms with van der Waals surface area (Å²) in [6.07, 6.45) is 1.60. The van der Waals surface area contributed by atoms with Gasteiger partial charge in [0.05, 0.1) is 6.26 Å². The van der Waals surface area contributed by atoms with Gasteiger partial charge in [-0.3, -0.25) is 4.79 Å². The molecule has 0 aliphatic rings. The first-order valence-electron chi connectivity index (χ1n) is 4.85. The minimum absolute atomic E-state index is 0.199. The van der Waals surface area contributed by atoms with Gasteiger partial charge in [0.2, 0.25) is 9.47 Å². The molecule has 1 amide bonds. The SMILES string of the molecule is Cc1occc1CN(C)C(=O)c1nnc(Cl)s1. The first-order chi connectivity index (χ1) is 8.08. The lowest BCUT2D eigenvalue weighted by molar-refractivity contribution is 0.0783. The first-order valence-corrected chi connectivity index (χ1v) is 6.05. The van der Waals surface area contributed by atoms with Crippen molar-refractivity contribution in [3.8, 4) is 0 Å². The van der Waals surface area contributed by atoms with Crippen LogP contribution < -0.4 is 0 Å². The van der Waals surface area contributed by atoms with Crippen molar-refractivity contribution >= 4 is 28.8 Å². The maximum atomic E-state index is 11.9. The van der Waals surface area contributed by atoms with E-state index in [0.29, 0.717) is 11.6 Å². The number of amides is 1. The van der Waals surface area contributed by atoms with E-state index in [1.54, 1.807) is 18.2 Å². The molecule has 0 N–H and O–H groups in total. The molecule has 0 saturated heterocycles. The highest BCUT2D eigenvalue weighted by atomic mass is 35.5. The van der Waals surface area contributed by atoms with Crippen molar-refractivity contribution in [2.45, 2.75) is 13.5 Å². The number of hydrogen-bond donors (Lipinski definition) is 0. The van der Waals surface area contributed by atoms with Gasteiger partial charge in [-0.25, -0.2) is 0 Å². The van der Waals surface area contributed by atoms with E-state index >= 15 is 0 Å². The predicted molar refractivity (Wildman–Crippen MR) is 64.2 cm³/mol. The van der Waals surface area contributed by atoms with Crippen molar-refractivity contribution in [1.82, 2.24) is 15.1 Å². The fourth-order valence-corrected chi connectivity index (χ4v) is 2.18. The van der Waals surface area contributed by atoms with Crippen LogP contribution in [0.2, 0.25) is 4.47 Å². The van der Waals surface area contributed by atoms with Gasteiger partial charge >= 0.3 is 0 Å². The summed E-state index contributed by atoms with van der Waals surface area (Å²) in [5, 5.41) is 7.60. The Morgan fingerprint density at radius 1 is 1.59 bits per heavy atom. The van der Waals surface area contributed by atoms with Crippen LogP contribution >= 0.6 is 22.9 Å². The highest BCUT2D eigenvalue weighted by molar-refractivity contribution is 7.17. The van der Waals surface area contributed by atoms with Crippen molar-refractivity contribution in [2.24, 2.45) is 0 Å². The first kappa shape index (κ1) is 12.1. The highest BCUT2D eigenvalue weighted by Crippen LogP contribution is 2.18. The van der Waals surface area contributed by atoms with E-state index in [0.717, 1.165) is 22.7 Å². The third-order valence-electron chi connectivity index (χ3n) is 2.30. The maximum absolute atomic E-state index is 11.9. The van der Waals surface area contributed by atoms with Crippen LogP contribution in [-0.2, 0) is 6.54 Å². The smallest absolute Gasteiger partial charge is 0.284 e. The van der Waals surface area contributed by atoms with Gasteiger partial charge < -0.3 is 9.32 Å². The van der Waals surface area contributed by atoms with Gasteiger partial charge in [-0.05, 0) is 24.6 Å². The molecule has 0 saturated carbocycles. The van der Waals surface area contributed by atoms with E-state index in [-0.39, 0.29) is 10.4 Å². The molecule has 17 heavy (non-hydrogen) atoms. The number of carbonyl (C=O) groups excluding carboxylic acids is 1. The molecular weight excluding hydrogens is 262 g/mol. The molecule has 90 valence electrons. The number of hydrogen-bond acceptors (Lipinski definition) is 5. The lowest BCUT2D eigenvalue weighted by Crippen LogP contribution is -2.26. The Balaban J connectivity index is 2.08. The molecule has 5 nitrogen and oxygen atoms in total. The van der Waals surface area contributed by atoms with Crippen LogP contribution in [-0.4, -0.2) is 28.1 Å². The molecule has 0 aliphatic carbocycles. The number of furan rings is 1. The Morgan fingerprint density at radius 3 is 2.88 bits per heavy atom. The normalized spacial score (nSPS) is 10.5. The second-order valence-electron chi connectivity index (χ2n) is 3.52. The van der Waals surface area contributed by atoms with Crippen LogP contribution in [0.5, 0.6) is 0 Å². The fourth-order valence-electron chi connectivity index (χ4n) is 1.36. The van der Waals surface area contributed by atoms with Crippen molar-refractivity contribution in [2.75, 3.05) is 7.05 Å². The largest absolute Gasteiger partial charge is 0.469 e. The van der Waals surface area contributed by atoms with Gasteiger partial charge in [-0.15, -0.1) is 10.2 Å². The van der Waals surface area contributed by atoms with E-state index in [1.165, 1.54) is 0 Å². The zero-order valence-corrected chi connectivity index (χ0v) is 10.9.